The minimum absolute atomic E-state index is 0.148. The Labute approximate surface area is 96.0 Å². The number of nitrogens with one attached hydrogen (secondary N) is 1. The second-order valence-corrected chi connectivity index (χ2v) is 4.48. The molecule has 88 valence electrons. The van der Waals surface area contributed by atoms with Crippen LogP contribution in [-0.4, -0.2) is 19.6 Å². The van der Waals surface area contributed by atoms with Crippen molar-refractivity contribution in [2.24, 2.45) is 11.7 Å². The molecule has 3 heteroatoms. The Kier molecular flexibility index (Phi) is 3.91. The molecule has 1 aliphatic rings. The minimum atomic E-state index is -0.148. The third kappa shape index (κ3) is 2.60. The average molecular weight is 222 g/mol. The molecular weight excluding hydrogens is 203 g/mol. The molecule has 0 aliphatic carbocycles. The Morgan fingerprint density at radius 3 is 2.88 bits per heavy atom. The molecule has 1 aliphatic heterocycles. The molecule has 0 amide bonds. The fraction of sp³-hybridized carbons (Fsp3) is 0.538. The normalized spacial score (nSPS) is 26.4. The van der Waals surface area contributed by atoms with Crippen molar-refractivity contribution in [3.05, 3.63) is 35.6 Å². The molecule has 0 aromatic heterocycles. The van der Waals surface area contributed by atoms with E-state index in [4.69, 9.17) is 5.73 Å². The first kappa shape index (κ1) is 11.6. The molecule has 0 spiro atoms. The second-order valence-electron chi connectivity index (χ2n) is 4.48. The molecule has 2 atom stereocenters. The lowest BCUT2D eigenvalue weighted by molar-refractivity contribution is 0.418. The predicted molar refractivity (Wildman–Crippen MR) is 63.8 cm³/mol. The van der Waals surface area contributed by atoms with Crippen molar-refractivity contribution in [3.8, 4) is 0 Å². The van der Waals surface area contributed by atoms with Crippen LogP contribution in [0.4, 0.5) is 4.39 Å². The van der Waals surface area contributed by atoms with Crippen LogP contribution in [-0.2, 0) is 0 Å². The summed E-state index contributed by atoms with van der Waals surface area (Å²) >= 11 is 0. The van der Waals surface area contributed by atoms with Crippen molar-refractivity contribution in [1.29, 1.82) is 0 Å². The maximum Gasteiger partial charge on any atom is 0.123 e. The van der Waals surface area contributed by atoms with Crippen molar-refractivity contribution in [1.82, 2.24) is 5.32 Å². The summed E-state index contributed by atoms with van der Waals surface area (Å²) in [6.45, 7) is 2.70. The van der Waals surface area contributed by atoms with Gasteiger partial charge >= 0.3 is 0 Å². The maximum absolute atomic E-state index is 13.2. The Balaban J connectivity index is 2.21. The third-order valence-electron chi connectivity index (χ3n) is 3.47. The highest BCUT2D eigenvalue weighted by atomic mass is 19.1. The molecule has 3 N–H and O–H groups in total. The third-order valence-corrected chi connectivity index (χ3v) is 3.47. The van der Waals surface area contributed by atoms with Crippen molar-refractivity contribution < 1.29 is 4.39 Å². The van der Waals surface area contributed by atoms with Crippen LogP contribution in [0.5, 0.6) is 0 Å². The SMILES string of the molecule is NCC1CCNCCC1c1cccc(F)c1. The van der Waals surface area contributed by atoms with Gasteiger partial charge in [-0.25, -0.2) is 4.39 Å². The lowest BCUT2D eigenvalue weighted by Gasteiger charge is -2.23. The summed E-state index contributed by atoms with van der Waals surface area (Å²) in [5, 5.41) is 3.38. The van der Waals surface area contributed by atoms with Gasteiger partial charge < -0.3 is 11.1 Å². The molecule has 1 saturated heterocycles. The molecule has 0 saturated carbocycles. The van der Waals surface area contributed by atoms with Crippen LogP contribution < -0.4 is 11.1 Å². The van der Waals surface area contributed by atoms with E-state index in [1.165, 1.54) is 6.07 Å². The number of hydrogen-bond donors (Lipinski definition) is 2. The van der Waals surface area contributed by atoms with Gasteiger partial charge in [-0.1, -0.05) is 12.1 Å². The van der Waals surface area contributed by atoms with E-state index >= 15 is 0 Å². The van der Waals surface area contributed by atoms with Gasteiger partial charge in [0.1, 0.15) is 5.82 Å². The molecule has 1 aromatic carbocycles. The average Bonchev–Trinajstić information content (AvgIpc) is 2.53. The quantitative estimate of drug-likeness (QED) is 0.801. The molecule has 0 bridgehead atoms. The van der Waals surface area contributed by atoms with Crippen LogP contribution >= 0.6 is 0 Å². The topological polar surface area (TPSA) is 38.0 Å². The van der Waals surface area contributed by atoms with Crippen molar-refractivity contribution in [2.45, 2.75) is 18.8 Å². The van der Waals surface area contributed by atoms with E-state index in [-0.39, 0.29) is 5.82 Å². The number of rotatable bonds is 2. The van der Waals surface area contributed by atoms with Gasteiger partial charge in [-0.15, -0.1) is 0 Å². The van der Waals surface area contributed by atoms with E-state index in [0.717, 1.165) is 31.5 Å². The monoisotopic (exact) mass is 222 g/mol. The van der Waals surface area contributed by atoms with E-state index in [1.54, 1.807) is 12.1 Å². The predicted octanol–water partition coefficient (Wildman–Crippen LogP) is 1.87. The number of halogens is 1. The highest BCUT2D eigenvalue weighted by Gasteiger charge is 2.23. The largest absolute Gasteiger partial charge is 0.330 e. The van der Waals surface area contributed by atoms with E-state index in [1.807, 2.05) is 6.07 Å². The highest BCUT2D eigenvalue weighted by Crippen LogP contribution is 2.31. The zero-order valence-corrected chi connectivity index (χ0v) is 9.45. The fourth-order valence-corrected chi connectivity index (χ4v) is 2.57. The Morgan fingerprint density at radius 2 is 2.12 bits per heavy atom. The Bertz CT molecular complexity index is 340. The molecule has 1 heterocycles. The van der Waals surface area contributed by atoms with E-state index < -0.39 is 0 Å². The zero-order chi connectivity index (χ0) is 11.4. The van der Waals surface area contributed by atoms with Gasteiger partial charge in [-0.05, 0) is 62.0 Å². The summed E-state index contributed by atoms with van der Waals surface area (Å²) in [5.74, 6) is 0.720. The second kappa shape index (κ2) is 5.41. The van der Waals surface area contributed by atoms with Crippen LogP contribution in [0.1, 0.15) is 24.3 Å². The molecule has 2 rings (SSSR count). The van der Waals surface area contributed by atoms with Gasteiger partial charge in [0.25, 0.3) is 0 Å². The maximum atomic E-state index is 13.2. The van der Waals surface area contributed by atoms with Gasteiger partial charge in [0.15, 0.2) is 0 Å². The van der Waals surface area contributed by atoms with Gasteiger partial charge in [0, 0.05) is 0 Å². The highest BCUT2D eigenvalue weighted by molar-refractivity contribution is 5.22. The number of nitrogens with two attached hydrogens (primary N) is 1. The molecule has 0 radical (unpaired) electrons. The number of hydrogen-bond acceptors (Lipinski definition) is 2. The Morgan fingerprint density at radius 1 is 1.31 bits per heavy atom. The Hall–Kier alpha value is -0.930. The summed E-state index contributed by atoms with van der Waals surface area (Å²) in [4.78, 5) is 0. The van der Waals surface area contributed by atoms with E-state index in [0.29, 0.717) is 18.4 Å². The van der Waals surface area contributed by atoms with Crippen molar-refractivity contribution in [2.75, 3.05) is 19.6 Å². The van der Waals surface area contributed by atoms with Gasteiger partial charge in [0.05, 0.1) is 0 Å². The molecule has 1 fully saturated rings. The van der Waals surface area contributed by atoms with Crippen LogP contribution in [0.15, 0.2) is 24.3 Å². The lowest BCUT2D eigenvalue weighted by atomic mass is 9.82. The molecular formula is C13H19FN2. The van der Waals surface area contributed by atoms with Gasteiger partial charge in [0.2, 0.25) is 0 Å². The minimum Gasteiger partial charge on any atom is -0.330 e. The van der Waals surface area contributed by atoms with E-state index in [2.05, 4.69) is 5.32 Å². The summed E-state index contributed by atoms with van der Waals surface area (Å²) in [6, 6.07) is 6.95. The van der Waals surface area contributed by atoms with Crippen LogP contribution in [0, 0.1) is 11.7 Å². The molecule has 16 heavy (non-hydrogen) atoms. The first-order chi connectivity index (χ1) is 7.81. The smallest absolute Gasteiger partial charge is 0.123 e. The standard InChI is InChI=1S/C13H19FN2/c14-12-3-1-2-10(8-12)13-5-7-16-6-4-11(13)9-15/h1-3,8,11,13,16H,4-7,9,15H2. The number of benzene rings is 1. The van der Waals surface area contributed by atoms with Crippen LogP contribution in [0.3, 0.4) is 0 Å². The summed E-state index contributed by atoms with van der Waals surface area (Å²) in [6.07, 6.45) is 2.13. The molecule has 1 aromatic rings. The van der Waals surface area contributed by atoms with Crippen LogP contribution in [0.2, 0.25) is 0 Å². The van der Waals surface area contributed by atoms with Gasteiger partial charge in [-0.3, -0.25) is 0 Å². The fourth-order valence-electron chi connectivity index (χ4n) is 2.57. The first-order valence-corrected chi connectivity index (χ1v) is 5.97. The van der Waals surface area contributed by atoms with Crippen molar-refractivity contribution >= 4 is 0 Å². The zero-order valence-electron chi connectivity index (χ0n) is 9.45. The lowest BCUT2D eigenvalue weighted by Crippen LogP contribution is -2.22. The molecule has 2 unspecified atom stereocenters. The van der Waals surface area contributed by atoms with Crippen LogP contribution in [0.25, 0.3) is 0 Å². The summed E-state index contributed by atoms with van der Waals surface area (Å²) in [7, 11) is 0. The summed E-state index contributed by atoms with van der Waals surface area (Å²) < 4.78 is 13.2. The summed E-state index contributed by atoms with van der Waals surface area (Å²) in [5.41, 5.74) is 6.91. The first-order valence-electron chi connectivity index (χ1n) is 5.97. The van der Waals surface area contributed by atoms with E-state index in [9.17, 15) is 4.39 Å². The van der Waals surface area contributed by atoms with Gasteiger partial charge in [-0.2, -0.15) is 0 Å². The molecule has 2 nitrogen and oxygen atoms in total. The van der Waals surface area contributed by atoms with Crippen molar-refractivity contribution in [3.63, 3.8) is 0 Å².